The highest BCUT2D eigenvalue weighted by Crippen LogP contribution is 2.42. The van der Waals surface area contributed by atoms with Crippen LogP contribution in [0.5, 0.6) is 0 Å². The van der Waals surface area contributed by atoms with Crippen molar-refractivity contribution in [2.75, 3.05) is 6.54 Å². The third-order valence-corrected chi connectivity index (χ3v) is 5.60. The van der Waals surface area contributed by atoms with Crippen LogP contribution >= 0.6 is 0 Å². The van der Waals surface area contributed by atoms with Gasteiger partial charge in [0.2, 0.25) is 0 Å². The zero-order valence-electron chi connectivity index (χ0n) is 15.0. The normalized spacial score (nSPS) is 29.8. The molecule has 0 spiro atoms. The first-order valence-electron chi connectivity index (χ1n) is 9.52. The summed E-state index contributed by atoms with van der Waals surface area (Å²) in [6.07, 6.45) is 15.4. The predicted molar refractivity (Wildman–Crippen MR) is 96.9 cm³/mol. The van der Waals surface area contributed by atoms with E-state index in [1.807, 2.05) is 0 Å². The molecule has 1 aliphatic heterocycles. The van der Waals surface area contributed by atoms with Gasteiger partial charge in [0.1, 0.15) is 0 Å². The summed E-state index contributed by atoms with van der Waals surface area (Å²) in [5, 5.41) is 3.69. The maximum atomic E-state index is 4.49. The van der Waals surface area contributed by atoms with Crippen molar-refractivity contribution >= 4 is 0 Å². The summed E-state index contributed by atoms with van der Waals surface area (Å²) in [5.41, 5.74) is 1.31. The topological polar surface area (TPSA) is 15.3 Å². The molecule has 1 heterocycles. The van der Waals surface area contributed by atoms with Crippen molar-refractivity contribution < 1.29 is 0 Å². The number of rotatable bonds is 8. The molecule has 1 aliphatic carbocycles. The molecule has 1 saturated heterocycles. The van der Waals surface area contributed by atoms with Crippen LogP contribution in [-0.2, 0) is 0 Å². The molecular weight excluding hydrogens is 268 g/mol. The lowest BCUT2D eigenvalue weighted by Crippen LogP contribution is -2.43. The first-order chi connectivity index (χ1) is 10.7. The standard InChI is InChI=1S/C20H36N2/c1-5-7-10-14-21-16(3)17(4)22-19(11-6-2)15-18-12-8-9-13-20(18)22/h6,11,16,18-21H,4-5,7-10,12-15H2,1-3H3/b11-6-. The Morgan fingerprint density at radius 2 is 2.09 bits per heavy atom. The van der Waals surface area contributed by atoms with Crippen LogP contribution in [0.1, 0.15) is 72.1 Å². The molecule has 2 aliphatic rings. The lowest BCUT2D eigenvalue weighted by Gasteiger charge is -2.38. The number of fused-ring (bicyclic) bond motifs is 1. The molecule has 1 saturated carbocycles. The van der Waals surface area contributed by atoms with Crippen LogP contribution in [-0.4, -0.2) is 29.6 Å². The van der Waals surface area contributed by atoms with Crippen LogP contribution in [0.25, 0.3) is 0 Å². The fraction of sp³-hybridized carbons (Fsp3) is 0.800. The number of hydrogen-bond donors (Lipinski definition) is 1. The van der Waals surface area contributed by atoms with Crippen LogP contribution in [0.2, 0.25) is 0 Å². The van der Waals surface area contributed by atoms with Crippen molar-refractivity contribution in [2.24, 2.45) is 5.92 Å². The largest absolute Gasteiger partial charge is 0.364 e. The minimum absolute atomic E-state index is 0.394. The molecule has 4 atom stereocenters. The van der Waals surface area contributed by atoms with Crippen molar-refractivity contribution in [3.8, 4) is 0 Å². The maximum Gasteiger partial charge on any atom is 0.0477 e. The Hall–Kier alpha value is -0.760. The summed E-state index contributed by atoms with van der Waals surface area (Å²) in [4.78, 5) is 2.67. The van der Waals surface area contributed by atoms with Crippen LogP contribution in [0.15, 0.2) is 24.4 Å². The van der Waals surface area contributed by atoms with Gasteiger partial charge in [-0.05, 0) is 52.0 Å². The SMILES string of the molecule is C=C(C(C)NCCCCC)N1C(/C=C\C)CC2CCCCC21. The Morgan fingerprint density at radius 3 is 2.82 bits per heavy atom. The third kappa shape index (κ3) is 4.16. The van der Waals surface area contributed by atoms with Crippen molar-refractivity contribution in [3.05, 3.63) is 24.4 Å². The number of allylic oxidation sites excluding steroid dienone is 1. The fourth-order valence-electron chi connectivity index (χ4n) is 4.35. The van der Waals surface area contributed by atoms with Gasteiger partial charge in [0.25, 0.3) is 0 Å². The Morgan fingerprint density at radius 1 is 1.32 bits per heavy atom. The molecule has 126 valence electrons. The van der Waals surface area contributed by atoms with Gasteiger partial charge >= 0.3 is 0 Å². The van der Waals surface area contributed by atoms with Gasteiger partial charge in [-0.3, -0.25) is 0 Å². The summed E-state index contributed by atoms with van der Waals surface area (Å²) >= 11 is 0. The number of hydrogen-bond acceptors (Lipinski definition) is 2. The Kier molecular flexibility index (Phi) is 7.01. The van der Waals surface area contributed by atoms with E-state index in [0.29, 0.717) is 12.1 Å². The summed E-state index contributed by atoms with van der Waals surface area (Å²) < 4.78 is 0. The number of likely N-dealkylation sites (tertiary alicyclic amines) is 1. The molecule has 0 radical (unpaired) electrons. The van der Waals surface area contributed by atoms with E-state index in [1.54, 1.807) is 0 Å². The van der Waals surface area contributed by atoms with Crippen molar-refractivity contribution in [1.29, 1.82) is 0 Å². The Labute approximate surface area is 138 Å². The molecule has 22 heavy (non-hydrogen) atoms. The second-order valence-electron chi connectivity index (χ2n) is 7.22. The summed E-state index contributed by atoms with van der Waals surface area (Å²) in [6.45, 7) is 12.3. The van der Waals surface area contributed by atoms with Crippen LogP contribution in [0.3, 0.4) is 0 Å². The van der Waals surface area contributed by atoms with Gasteiger partial charge in [-0.15, -0.1) is 0 Å². The lowest BCUT2D eigenvalue weighted by molar-refractivity contribution is 0.195. The van der Waals surface area contributed by atoms with Gasteiger partial charge in [0.15, 0.2) is 0 Å². The predicted octanol–water partition coefficient (Wildman–Crippen LogP) is 4.88. The van der Waals surface area contributed by atoms with E-state index in [1.165, 1.54) is 57.1 Å². The minimum Gasteiger partial charge on any atom is -0.364 e. The average molecular weight is 305 g/mol. The van der Waals surface area contributed by atoms with Crippen molar-refractivity contribution in [1.82, 2.24) is 10.2 Å². The number of nitrogens with one attached hydrogen (secondary N) is 1. The zero-order chi connectivity index (χ0) is 15.9. The summed E-state index contributed by atoms with van der Waals surface area (Å²) in [7, 11) is 0. The van der Waals surface area contributed by atoms with Gasteiger partial charge in [-0.1, -0.05) is 51.3 Å². The third-order valence-electron chi connectivity index (χ3n) is 5.60. The maximum absolute atomic E-state index is 4.49. The second-order valence-corrected chi connectivity index (χ2v) is 7.22. The fourth-order valence-corrected chi connectivity index (χ4v) is 4.35. The average Bonchev–Trinajstić information content (AvgIpc) is 2.89. The van der Waals surface area contributed by atoms with Crippen LogP contribution in [0.4, 0.5) is 0 Å². The highest BCUT2D eigenvalue weighted by Gasteiger charge is 2.41. The molecule has 0 aromatic carbocycles. The quantitative estimate of drug-likeness (QED) is 0.508. The summed E-state index contributed by atoms with van der Waals surface area (Å²) in [5.74, 6) is 0.888. The first-order valence-corrected chi connectivity index (χ1v) is 9.52. The number of unbranched alkanes of at least 4 members (excludes halogenated alkanes) is 2. The van der Waals surface area contributed by atoms with E-state index in [-0.39, 0.29) is 0 Å². The molecule has 2 rings (SSSR count). The minimum atomic E-state index is 0.394. The van der Waals surface area contributed by atoms with Gasteiger partial charge in [-0.2, -0.15) is 0 Å². The number of nitrogens with zero attached hydrogens (tertiary/aromatic N) is 1. The van der Waals surface area contributed by atoms with E-state index in [9.17, 15) is 0 Å². The monoisotopic (exact) mass is 304 g/mol. The lowest BCUT2D eigenvalue weighted by atomic mass is 9.84. The highest BCUT2D eigenvalue weighted by molar-refractivity contribution is 5.16. The molecule has 0 aromatic rings. The van der Waals surface area contributed by atoms with Gasteiger partial charge in [0.05, 0.1) is 0 Å². The Bertz CT molecular complexity index is 374. The highest BCUT2D eigenvalue weighted by atomic mass is 15.2. The van der Waals surface area contributed by atoms with Gasteiger partial charge < -0.3 is 10.2 Å². The molecule has 0 aromatic heterocycles. The molecule has 0 amide bonds. The van der Waals surface area contributed by atoms with Gasteiger partial charge in [-0.25, -0.2) is 0 Å². The van der Waals surface area contributed by atoms with E-state index in [2.05, 4.69) is 49.7 Å². The molecule has 2 heteroatoms. The van der Waals surface area contributed by atoms with E-state index in [4.69, 9.17) is 0 Å². The van der Waals surface area contributed by atoms with E-state index in [0.717, 1.165) is 18.5 Å². The first kappa shape index (κ1) is 17.6. The van der Waals surface area contributed by atoms with E-state index < -0.39 is 0 Å². The zero-order valence-corrected chi connectivity index (χ0v) is 15.0. The summed E-state index contributed by atoms with van der Waals surface area (Å²) in [6, 6.07) is 1.71. The Balaban J connectivity index is 1.97. The molecular formula is C20H36N2. The van der Waals surface area contributed by atoms with Crippen molar-refractivity contribution in [3.63, 3.8) is 0 Å². The molecule has 2 nitrogen and oxygen atoms in total. The van der Waals surface area contributed by atoms with Crippen LogP contribution in [0, 0.1) is 5.92 Å². The smallest absolute Gasteiger partial charge is 0.0477 e. The molecule has 4 unspecified atom stereocenters. The van der Waals surface area contributed by atoms with Crippen molar-refractivity contribution in [2.45, 2.75) is 90.3 Å². The molecule has 1 N–H and O–H groups in total. The second kappa shape index (κ2) is 8.76. The molecule has 0 bridgehead atoms. The van der Waals surface area contributed by atoms with E-state index >= 15 is 0 Å². The van der Waals surface area contributed by atoms with Gasteiger partial charge in [0, 0.05) is 23.8 Å². The van der Waals surface area contributed by atoms with Crippen LogP contribution < -0.4 is 5.32 Å². The molecule has 2 fully saturated rings.